The van der Waals surface area contributed by atoms with Crippen molar-refractivity contribution in [3.63, 3.8) is 0 Å². The zero-order valence-corrected chi connectivity index (χ0v) is 23.1. The maximum absolute atomic E-state index is 16.1. The number of halogens is 4. The smallest absolute Gasteiger partial charge is 0.362 e. The molecule has 0 radical (unpaired) electrons. The Balaban J connectivity index is 1.65. The Kier molecular flexibility index (Phi) is 4.93. The molecule has 1 aromatic carbocycles. The molecule has 3 aromatic rings. The summed E-state index contributed by atoms with van der Waals surface area (Å²) in [5.41, 5.74) is 0.525. The number of hydrogen-bond donors (Lipinski definition) is 1. The van der Waals surface area contributed by atoms with E-state index in [1.807, 2.05) is 42.8 Å². The third kappa shape index (κ3) is 3.01. The van der Waals surface area contributed by atoms with Gasteiger partial charge in [0.2, 0.25) is 5.91 Å². The van der Waals surface area contributed by atoms with Crippen LogP contribution < -0.4 is 0 Å². The van der Waals surface area contributed by atoms with Crippen molar-refractivity contribution in [1.82, 2.24) is 19.7 Å². The predicted molar refractivity (Wildman–Crippen MR) is 140 cm³/mol. The number of H-pyrrole nitrogens is 1. The van der Waals surface area contributed by atoms with Gasteiger partial charge in [-0.3, -0.25) is 4.79 Å². The molecular weight excluding hydrogens is 508 g/mol. The second-order valence-electron chi connectivity index (χ2n) is 12.4. The zero-order chi connectivity index (χ0) is 28.5. The summed E-state index contributed by atoms with van der Waals surface area (Å²) in [6.45, 7) is 10.9. The van der Waals surface area contributed by atoms with Crippen molar-refractivity contribution in [1.29, 1.82) is 0 Å². The van der Waals surface area contributed by atoms with Gasteiger partial charge in [0, 0.05) is 17.3 Å². The molecular formula is C30H32F4N4O. The first kappa shape index (κ1) is 25.9. The summed E-state index contributed by atoms with van der Waals surface area (Å²) in [5, 5.41) is 5.05. The van der Waals surface area contributed by atoms with Crippen molar-refractivity contribution in [3.05, 3.63) is 75.9 Å². The van der Waals surface area contributed by atoms with Gasteiger partial charge in [0.25, 0.3) is 0 Å². The highest BCUT2D eigenvalue weighted by Crippen LogP contribution is 2.59. The van der Waals surface area contributed by atoms with Crippen LogP contribution >= 0.6 is 0 Å². The van der Waals surface area contributed by atoms with Gasteiger partial charge in [0.05, 0.1) is 40.3 Å². The molecule has 2 atom stereocenters. The standard InChI is InChI=1S/C30H32F4N4O/c1-8-16-10-9-11-17-20-14-28(6,31)23-19(12-13-35-23)29(20,7)24-18-15-37(25(39)26(2,3)30(32,33)34)27(4,5)22(18)36-38(24)21(16)17/h9-14,35H,8,15H2,1-7H3. The van der Waals surface area contributed by atoms with Crippen LogP contribution in [0, 0.1) is 5.41 Å². The maximum atomic E-state index is 16.1. The molecule has 1 N–H and O–H groups in total. The van der Waals surface area contributed by atoms with E-state index in [0.717, 1.165) is 47.5 Å². The number of alkyl halides is 4. The van der Waals surface area contributed by atoms with Gasteiger partial charge in [-0.1, -0.05) is 25.1 Å². The van der Waals surface area contributed by atoms with E-state index in [9.17, 15) is 18.0 Å². The molecule has 0 saturated heterocycles. The number of nitrogens with one attached hydrogen (secondary N) is 1. The highest BCUT2D eigenvalue weighted by atomic mass is 19.4. The van der Waals surface area contributed by atoms with Crippen LogP contribution in [0.3, 0.4) is 0 Å². The lowest BCUT2D eigenvalue weighted by Crippen LogP contribution is -2.52. The quantitative estimate of drug-likeness (QED) is 0.362. The molecule has 5 nitrogen and oxygen atoms in total. The normalized spacial score (nSPS) is 24.9. The molecule has 9 heteroatoms. The molecule has 0 fully saturated rings. The Bertz CT molecular complexity index is 1590. The van der Waals surface area contributed by atoms with Gasteiger partial charge < -0.3 is 9.88 Å². The first-order valence-electron chi connectivity index (χ1n) is 13.2. The lowest BCUT2D eigenvalue weighted by molar-refractivity contribution is -0.220. The van der Waals surface area contributed by atoms with Gasteiger partial charge in [-0.05, 0) is 76.8 Å². The van der Waals surface area contributed by atoms with Crippen LogP contribution in [0.5, 0.6) is 0 Å². The van der Waals surface area contributed by atoms with Crippen molar-refractivity contribution in [2.45, 2.75) is 84.2 Å². The molecule has 2 aromatic heterocycles. The third-order valence-corrected chi connectivity index (χ3v) is 9.25. The van der Waals surface area contributed by atoms with Crippen LogP contribution in [0.1, 0.15) is 87.8 Å². The number of carbonyl (C=O) groups is 1. The molecule has 0 spiro atoms. The fourth-order valence-electron chi connectivity index (χ4n) is 6.80. The highest BCUT2D eigenvalue weighted by molar-refractivity contribution is 5.90. The van der Waals surface area contributed by atoms with Gasteiger partial charge in [-0.2, -0.15) is 18.3 Å². The largest absolute Gasteiger partial charge is 0.402 e. The van der Waals surface area contributed by atoms with E-state index in [1.165, 1.54) is 11.8 Å². The van der Waals surface area contributed by atoms with E-state index in [-0.39, 0.29) is 6.54 Å². The minimum atomic E-state index is -4.71. The van der Waals surface area contributed by atoms with Crippen molar-refractivity contribution < 1.29 is 22.4 Å². The second-order valence-corrected chi connectivity index (χ2v) is 12.4. The molecule has 2 aliphatic heterocycles. The lowest BCUT2D eigenvalue weighted by Gasteiger charge is -2.44. The van der Waals surface area contributed by atoms with Gasteiger partial charge in [0.15, 0.2) is 5.67 Å². The van der Waals surface area contributed by atoms with Crippen LogP contribution in [-0.2, 0) is 34.4 Å². The van der Waals surface area contributed by atoms with Crippen LogP contribution in [0.4, 0.5) is 17.6 Å². The van der Waals surface area contributed by atoms with E-state index < -0.39 is 34.1 Å². The zero-order valence-electron chi connectivity index (χ0n) is 23.1. The summed E-state index contributed by atoms with van der Waals surface area (Å²) in [7, 11) is 0. The number of nitrogens with zero attached hydrogens (tertiary/aromatic N) is 3. The monoisotopic (exact) mass is 540 g/mol. The number of aromatic amines is 1. The topological polar surface area (TPSA) is 53.9 Å². The Labute approximate surface area is 224 Å². The van der Waals surface area contributed by atoms with Crippen LogP contribution in [0.2, 0.25) is 0 Å². The van der Waals surface area contributed by atoms with Crippen molar-refractivity contribution in [2.24, 2.45) is 5.41 Å². The Morgan fingerprint density at radius 3 is 2.46 bits per heavy atom. The molecule has 4 heterocycles. The van der Waals surface area contributed by atoms with Crippen molar-refractivity contribution in [2.75, 3.05) is 0 Å². The number of rotatable bonds is 2. The van der Waals surface area contributed by atoms with Crippen molar-refractivity contribution >= 4 is 11.5 Å². The first-order chi connectivity index (χ1) is 18.0. The molecule has 6 rings (SSSR count). The average molecular weight is 541 g/mol. The lowest BCUT2D eigenvalue weighted by atomic mass is 9.62. The number of fused-ring (bicyclic) bond motifs is 10. The van der Waals surface area contributed by atoms with E-state index in [1.54, 1.807) is 26.1 Å². The minimum absolute atomic E-state index is 0.0187. The van der Waals surface area contributed by atoms with Gasteiger partial charge in [-0.25, -0.2) is 9.07 Å². The number of carbonyl (C=O) groups excluding carboxylic acids is 1. The number of aromatic nitrogens is 3. The number of hydrogen-bond acceptors (Lipinski definition) is 2. The van der Waals surface area contributed by atoms with Gasteiger partial charge >= 0.3 is 6.18 Å². The fraction of sp³-hybridized carbons (Fsp3) is 0.467. The van der Waals surface area contributed by atoms with Gasteiger partial charge in [-0.15, -0.1) is 0 Å². The molecule has 2 unspecified atom stereocenters. The number of benzene rings is 1. The van der Waals surface area contributed by atoms with Gasteiger partial charge in [0.1, 0.15) is 5.41 Å². The van der Waals surface area contributed by atoms with E-state index in [2.05, 4.69) is 4.98 Å². The third-order valence-electron chi connectivity index (χ3n) is 9.25. The fourth-order valence-corrected chi connectivity index (χ4v) is 6.80. The average Bonchev–Trinajstić information content (AvgIpc) is 3.55. The first-order valence-corrected chi connectivity index (χ1v) is 13.2. The van der Waals surface area contributed by atoms with E-state index >= 15 is 4.39 Å². The Hall–Kier alpha value is -3.36. The summed E-state index contributed by atoms with van der Waals surface area (Å²) >= 11 is 0. The second kappa shape index (κ2) is 7.43. The Morgan fingerprint density at radius 1 is 1.13 bits per heavy atom. The predicted octanol–water partition coefficient (Wildman–Crippen LogP) is 6.83. The summed E-state index contributed by atoms with van der Waals surface area (Å²) in [5.74, 6) is -0.995. The maximum Gasteiger partial charge on any atom is 0.402 e. The molecule has 1 aliphatic carbocycles. The van der Waals surface area contributed by atoms with Crippen LogP contribution in [-0.4, -0.2) is 31.7 Å². The number of amides is 1. The SMILES string of the molecule is CCc1cccc2c1-n1nc3c(c1C1(C)C2=CC(C)(F)c2[nH]ccc21)CN(C(=O)C(C)(C)C(F)(F)F)C3(C)C. The summed E-state index contributed by atoms with van der Waals surface area (Å²) < 4.78 is 59.9. The molecule has 3 aliphatic rings. The number of allylic oxidation sites excluding steroid dienone is 2. The summed E-state index contributed by atoms with van der Waals surface area (Å²) in [6, 6.07) is 7.83. The van der Waals surface area contributed by atoms with Crippen molar-refractivity contribution in [3.8, 4) is 5.69 Å². The van der Waals surface area contributed by atoms with Crippen LogP contribution in [0.25, 0.3) is 11.3 Å². The van der Waals surface area contributed by atoms with E-state index in [0.29, 0.717) is 23.4 Å². The Morgan fingerprint density at radius 2 is 1.82 bits per heavy atom. The highest BCUT2D eigenvalue weighted by Gasteiger charge is 2.60. The molecule has 0 saturated carbocycles. The molecule has 1 amide bonds. The summed E-state index contributed by atoms with van der Waals surface area (Å²) in [4.78, 5) is 17.9. The van der Waals surface area contributed by atoms with E-state index in [4.69, 9.17) is 5.10 Å². The summed E-state index contributed by atoms with van der Waals surface area (Å²) in [6.07, 6.45) is -0.620. The number of aryl methyl sites for hydroxylation is 1. The minimum Gasteiger partial charge on any atom is -0.362 e. The molecule has 0 bridgehead atoms. The molecule has 206 valence electrons. The van der Waals surface area contributed by atoms with Crippen LogP contribution in [0.15, 0.2) is 36.5 Å². The number of para-hydroxylation sites is 1. The molecule has 39 heavy (non-hydrogen) atoms.